The zero-order valence-electron chi connectivity index (χ0n) is 9.50. The van der Waals surface area contributed by atoms with Crippen LogP contribution in [0.5, 0.6) is 0 Å². The molecule has 1 aromatic rings. The van der Waals surface area contributed by atoms with Gasteiger partial charge in [0.05, 0.1) is 25.9 Å². The number of aliphatic hydroxyl groups is 1. The van der Waals surface area contributed by atoms with Crippen LogP contribution < -0.4 is 5.32 Å². The monoisotopic (exact) mass is 239 g/mol. The van der Waals surface area contributed by atoms with E-state index >= 15 is 0 Å². The van der Waals surface area contributed by atoms with Crippen molar-refractivity contribution in [2.45, 2.75) is 12.7 Å². The second-order valence-corrected chi connectivity index (χ2v) is 3.68. The molecule has 0 heterocycles. The topological polar surface area (TPSA) is 78.8 Å². The molecule has 3 N–H and O–H groups in total. The van der Waals surface area contributed by atoms with E-state index < -0.39 is 12.1 Å². The van der Waals surface area contributed by atoms with Crippen LogP contribution in [0.2, 0.25) is 0 Å². The van der Waals surface area contributed by atoms with Crippen molar-refractivity contribution in [3.8, 4) is 0 Å². The minimum absolute atomic E-state index is 0.157. The van der Waals surface area contributed by atoms with Gasteiger partial charge in [0.25, 0.3) is 0 Å². The van der Waals surface area contributed by atoms with Crippen molar-refractivity contribution in [1.82, 2.24) is 5.32 Å². The Bertz CT molecular complexity index is 329. The van der Waals surface area contributed by atoms with Gasteiger partial charge < -0.3 is 20.3 Å². The van der Waals surface area contributed by atoms with Crippen LogP contribution in [0.25, 0.3) is 0 Å². The molecule has 1 aromatic carbocycles. The Balaban J connectivity index is 2.08. The van der Waals surface area contributed by atoms with Crippen molar-refractivity contribution >= 4 is 5.97 Å². The van der Waals surface area contributed by atoms with Gasteiger partial charge in [0.2, 0.25) is 0 Å². The quantitative estimate of drug-likeness (QED) is 0.605. The number of rotatable bonds is 8. The number of benzene rings is 1. The first kappa shape index (κ1) is 13.6. The fraction of sp³-hybridized carbons (Fsp3) is 0.417. The van der Waals surface area contributed by atoms with E-state index in [0.29, 0.717) is 6.61 Å². The van der Waals surface area contributed by atoms with Crippen molar-refractivity contribution in [1.29, 1.82) is 0 Å². The Morgan fingerprint density at radius 3 is 2.71 bits per heavy atom. The van der Waals surface area contributed by atoms with Crippen LogP contribution in [0.4, 0.5) is 0 Å². The first-order valence-electron chi connectivity index (χ1n) is 5.40. The summed E-state index contributed by atoms with van der Waals surface area (Å²) in [5, 5.41) is 20.4. The van der Waals surface area contributed by atoms with Crippen LogP contribution in [-0.4, -0.2) is 42.0 Å². The summed E-state index contributed by atoms with van der Waals surface area (Å²) in [6.07, 6.45) is -0.696. The van der Waals surface area contributed by atoms with E-state index in [-0.39, 0.29) is 19.7 Å². The largest absolute Gasteiger partial charge is 0.480 e. The second-order valence-electron chi connectivity index (χ2n) is 3.68. The zero-order valence-corrected chi connectivity index (χ0v) is 9.50. The number of carbonyl (C=O) groups is 1. The third-order valence-electron chi connectivity index (χ3n) is 2.08. The molecule has 0 aliphatic rings. The molecular weight excluding hydrogens is 222 g/mol. The normalized spacial score (nSPS) is 12.3. The average molecular weight is 239 g/mol. The summed E-state index contributed by atoms with van der Waals surface area (Å²) >= 11 is 0. The SMILES string of the molecule is O=C(O)CNCC(O)COCc1ccccc1. The van der Waals surface area contributed by atoms with Gasteiger partial charge in [-0.1, -0.05) is 30.3 Å². The number of hydrogen-bond acceptors (Lipinski definition) is 4. The van der Waals surface area contributed by atoms with Gasteiger partial charge in [-0.25, -0.2) is 0 Å². The fourth-order valence-corrected chi connectivity index (χ4v) is 1.29. The molecule has 0 saturated heterocycles. The molecule has 1 rings (SSSR count). The maximum Gasteiger partial charge on any atom is 0.317 e. The lowest BCUT2D eigenvalue weighted by Gasteiger charge is -2.11. The summed E-state index contributed by atoms with van der Waals surface area (Å²) in [5.41, 5.74) is 1.04. The van der Waals surface area contributed by atoms with Crippen LogP contribution in [0, 0.1) is 0 Å². The maximum atomic E-state index is 10.2. The molecule has 0 aliphatic heterocycles. The van der Waals surface area contributed by atoms with Gasteiger partial charge in [-0.05, 0) is 5.56 Å². The summed E-state index contributed by atoms with van der Waals surface area (Å²) in [7, 11) is 0. The summed E-state index contributed by atoms with van der Waals surface area (Å²) in [6.45, 7) is 0.676. The van der Waals surface area contributed by atoms with Gasteiger partial charge in [0.15, 0.2) is 0 Å². The van der Waals surface area contributed by atoms with E-state index in [1.165, 1.54) is 0 Å². The predicted molar refractivity (Wildman–Crippen MR) is 62.6 cm³/mol. The van der Waals surface area contributed by atoms with E-state index in [1.807, 2.05) is 30.3 Å². The van der Waals surface area contributed by atoms with E-state index in [2.05, 4.69) is 5.32 Å². The van der Waals surface area contributed by atoms with Crippen molar-refractivity contribution in [2.24, 2.45) is 0 Å². The molecular formula is C12H17NO4. The summed E-state index contributed by atoms with van der Waals surface area (Å²) < 4.78 is 5.30. The van der Waals surface area contributed by atoms with Gasteiger partial charge in [-0.15, -0.1) is 0 Å². The summed E-state index contributed by atoms with van der Waals surface area (Å²) in [6, 6.07) is 9.64. The van der Waals surface area contributed by atoms with Crippen LogP contribution in [0.15, 0.2) is 30.3 Å². The summed E-state index contributed by atoms with van der Waals surface area (Å²) in [4.78, 5) is 10.2. The minimum Gasteiger partial charge on any atom is -0.480 e. The first-order chi connectivity index (χ1) is 8.18. The number of aliphatic hydroxyl groups excluding tert-OH is 1. The van der Waals surface area contributed by atoms with Crippen molar-refractivity contribution in [2.75, 3.05) is 19.7 Å². The number of ether oxygens (including phenoxy) is 1. The molecule has 0 spiro atoms. The zero-order chi connectivity index (χ0) is 12.5. The molecule has 0 radical (unpaired) electrons. The Labute approximate surface area is 100 Å². The third kappa shape index (κ3) is 6.68. The maximum absolute atomic E-state index is 10.2. The number of nitrogens with one attached hydrogen (secondary N) is 1. The molecule has 5 heteroatoms. The summed E-state index contributed by atoms with van der Waals surface area (Å²) in [5.74, 6) is -0.942. The minimum atomic E-state index is -0.942. The number of carboxylic acids is 1. The number of hydrogen-bond donors (Lipinski definition) is 3. The van der Waals surface area contributed by atoms with Crippen molar-refractivity contribution in [3.05, 3.63) is 35.9 Å². The Morgan fingerprint density at radius 1 is 1.35 bits per heavy atom. The molecule has 1 unspecified atom stereocenters. The fourth-order valence-electron chi connectivity index (χ4n) is 1.29. The van der Waals surface area contributed by atoms with Gasteiger partial charge in [0, 0.05) is 6.54 Å². The smallest absolute Gasteiger partial charge is 0.317 e. The van der Waals surface area contributed by atoms with Gasteiger partial charge in [-0.3, -0.25) is 4.79 Å². The van der Waals surface area contributed by atoms with Crippen LogP contribution in [0.1, 0.15) is 5.56 Å². The molecule has 0 aliphatic carbocycles. The molecule has 0 fully saturated rings. The molecule has 0 saturated carbocycles. The second kappa shape index (κ2) is 7.78. The van der Waals surface area contributed by atoms with E-state index in [0.717, 1.165) is 5.56 Å². The highest BCUT2D eigenvalue weighted by atomic mass is 16.5. The number of aliphatic carboxylic acids is 1. The Hall–Kier alpha value is -1.43. The van der Waals surface area contributed by atoms with Crippen molar-refractivity contribution in [3.63, 3.8) is 0 Å². The highest BCUT2D eigenvalue weighted by Crippen LogP contribution is 2.00. The molecule has 94 valence electrons. The van der Waals surface area contributed by atoms with Crippen LogP contribution in [0.3, 0.4) is 0 Å². The first-order valence-corrected chi connectivity index (χ1v) is 5.40. The van der Waals surface area contributed by atoms with Gasteiger partial charge in [0.1, 0.15) is 0 Å². The lowest BCUT2D eigenvalue weighted by Crippen LogP contribution is -2.33. The molecule has 17 heavy (non-hydrogen) atoms. The molecule has 0 aromatic heterocycles. The lowest BCUT2D eigenvalue weighted by atomic mass is 10.2. The Morgan fingerprint density at radius 2 is 2.06 bits per heavy atom. The predicted octanol–water partition coefficient (Wildman–Crippen LogP) is 0.238. The van der Waals surface area contributed by atoms with E-state index in [4.69, 9.17) is 9.84 Å². The van der Waals surface area contributed by atoms with Gasteiger partial charge in [-0.2, -0.15) is 0 Å². The lowest BCUT2D eigenvalue weighted by molar-refractivity contribution is -0.136. The number of carboxylic acid groups (broad SMARTS) is 1. The van der Waals surface area contributed by atoms with Crippen LogP contribution in [-0.2, 0) is 16.1 Å². The highest BCUT2D eigenvalue weighted by Gasteiger charge is 2.05. The third-order valence-corrected chi connectivity index (χ3v) is 2.08. The molecule has 0 bridgehead atoms. The van der Waals surface area contributed by atoms with E-state index in [1.54, 1.807) is 0 Å². The average Bonchev–Trinajstić information content (AvgIpc) is 2.30. The van der Waals surface area contributed by atoms with E-state index in [9.17, 15) is 9.90 Å². The van der Waals surface area contributed by atoms with Gasteiger partial charge >= 0.3 is 5.97 Å². The molecule has 5 nitrogen and oxygen atoms in total. The van der Waals surface area contributed by atoms with Crippen molar-refractivity contribution < 1.29 is 19.7 Å². The molecule has 1 atom stereocenters. The standard InChI is InChI=1S/C12H17NO4/c14-11(6-13-7-12(15)16)9-17-8-10-4-2-1-3-5-10/h1-5,11,13-14H,6-9H2,(H,15,16). The highest BCUT2D eigenvalue weighted by molar-refractivity contribution is 5.68. The molecule has 0 amide bonds. The Kier molecular flexibility index (Phi) is 6.24. The van der Waals surface area contributed by atoms with Crippen LogP contribution >= 0.6 is 0 Å².